The fourth-order valence-corrected chi connectivity index (χ4v) is 6.64. The minimum Gasteiger partial charge on any atom is -0.339 e. The highest BCUT2D eigenvalue weighted by Crippen LogP contribution is 2.37. The predicted molar refractivity (Wildman–Crippen MR) is 134 cm³/mol. The molecule has 3 aromatic rings. The maximum atomic E-state index is 13.1. The van der Waals surface area contributed by atoms with E-state index in [4.69, 9.17) is 0 Å². The number of amides is 2. The highest BCUT2D eigenvalue weighted by atomic mass is 32.1. The normalized spacial score (nSPS) is 21.1. The first-order valence-corrected chi connectivity index (χ1v) is 13.4. The zero-order valence-corrected chi connectivity index (χ0v) is 20.5. The van der Waals surface area contributed by atoms with Crippen LogP contribution in [-0.2, 0) is 11.2 Å². The van der Waals surface area contributed by atoms with Crippen molar-refractivity contribution in [1.82, 2.24) is 14.7 Å². The number of nitrogens with zero attached hydrogens (tertiary/aromatic N) is 3. The van der Waals surface area contributed by atoms with E-state index in [-0.39, 0.29) is 23.9 Å². The number of thiophene rings is 2. The van der Waals surface area contributed by atoms with Gasteiger partial charge >= 0.3 is 0 Å². The van der Waals surface area contributed by atoms with Crippen LogP contribution in [0.15, 0.2) is 59.3 Å². The van der Waals surface area contributed by atoms with Crippen molar-refractivity contribution in [2.24, 2.45) is 0 Å². The van der Waals surface area contributed by atoms with E-state index >= 15 is 0 Å². The lowest BCUT2D eigenvalue weighted by Crippen LogP contribution is -2.55. The van der Waals surface area contributed by atoms with E-state index in [0.29, 0.717) is 26.1 Å². The van der Waals surface area contributed by atoms with Crippen LogP contribution in [0, 0.1) is 0 Å². The molecular weight excluding hydrogens is 450 g/mol. The zero-order valence-electron chi connectivity index (χ0n) is 18.9. The molecule has 5 rings (SSSR count). The van der Waals surface area contributed by atoms with Crippen molar-refractivity contribution in [3.63, 3.8) is 0 Å². The van der Waals surface area contributed by atoms with Gasteiger partial charge in [0.25, 0.3) is 5.91 Å². The van der Waals surface area contributed by atoms with Crippen LogP contribution < -0.4 is 0 Å². The molecule has 172 valence electrons. The van der Waals surface area contributed by atoms with E-state index in [0.717, 1.165) is 24.4 Å². The van der Waals surface area contributed by atoms with E-state index in [9.17, 15) is 9.59 Å². The number of fused-ring (bicyclic) bond motifs is 1. The highest BCUT2D eigenvalue weighted by Gasteiger charge is 2.33. The Hall–Kier alpha value is -2.48. The van der Waals surface area contributed by atoms with Crippen LogP contribution in [0.25, 0.3) is 0 Å². The largest absolute Gasteiger partial charge is 0.339 e. The van der Waals surface area contributed by atoms with Gasteiger partial charge in [0.15, 0.2) is 0 Å². The summed E-state index contributed by atoms with van der Waals surface area (Å²) in [6.07, 6.45) is 1.56. The smallest absolute Gasteiger partial charge is 0.264 e. The average molecular weight is 480 g/mol. The van der Waals surface area contributed by atoms with Crippen LogP contribution in [0.4, 0.5) is 0 Å². The van der Waals surface area contributed by atoms with Crippen LogP contribution in [-0.4, -0.2) is 65.3 Å². The molecule has 0 N–H and O–H groups in total. The Kier molecular flexibility index (Phi) is 6.62. The third-order valence-electron chi connectivity index (χ3n) is 6.77. The number of rotatable bonds is 5. The molecule has 2 unspecified atom stereocenters. The van der Waals surface area contributed by atoms with Gasteiger partial charge in [0.05, 0.1) is 10.9 Å². The number of carbonyl (C=O) groups is 2. The second kappa shape index (κ2) is 9.79. The van der Waals surface area contributed by atoms with Crippen LogP contribution in [0.5, 0.6) is 0 Å². The van der Waals surface area contributed by atoms with Gasteiger partial charge in [0.1, 0.15) is 0 Å². The standard InChI is InChI=1S/C26H29N3O2S2/c1-19-18-28(14-15-29(19)26(31)23-8-5-16-32-23)24(30)10-13-27-12-9-22-21(11-17-33-22)25(27)20-6-3-2-4-7-20/h2-8,11,16-17,19,25H,9-10,12-15,18H2,1H3. The molecule has 1 fully saturated rings. The van der Waals surface area contributed by atoms with Gasteiger partial charge in [-0.15, -0.1) is 22.7 Å². The second-order valence-electron chi connectivity index (χ2n) is 8.81. The minimum absolute atomic E-state index is 0.0257. The highest BCUT2D eigenvalue weighted by molar-refractivity contribution is 7.12. The summed E-state index contributed by atoms with van der Waals surface area (Å²) >= 11 is 3.32. The van der Waals surface area contributed by atoms with Crippen LogP contribution in [0.2, 0.25) is 0 Å². The second-order valence-corrected chi connectivity index (χ2v) is 10.8. The van der Waals surface area contributed by atoms with Gasteiger partial charge in [-0.1, -0.05) is 36.4 Å². The summed E-state index contributed by atoms with van der Waals surface area (Å²) in [5.74, 6) is 0.267. The molecule has 0 bridgehead atoms. The molecule has 0 radical (unpaired) electrons. The summed E-state index contributed by atoms with van der Waals surface area (Å²) in [6.45, 7) is 5.57. The molecule has 2 aliphatic heterocycles. The number of hydrogen-bond donors (Lipinski definition) is 0. The van der Waals surface area contributed by atoms with Gasteiger partial charge in [-0.25, -0.2) is 0 Å². The number of piperazine rings is 1. The van der Waals surface area contributed by atoms with Gasteiger partial charge < -0.3 is 9.80 Å². The molecule has 1 saturated heterocycles. The fourth-order valence-electron chi connectivity index (χ4n) is 5.06. The Morgan fingerprint density at radius 1 is 0.970 bits per heavy atom. The lowest BCUT2D eigenvalue weighted by atomic mass is 9.93. The predicted octanol–water partition coefficient (Wildman–Crippen LogP) is 4.52. The molecule has 33 heavy (non-hydrogen) atoms. The lowest BCUT2D eigenvalue weighted by Gasteiger charge is -2.40. The van der Waals surface area contributed by atoms with E-state index in [1.54, 1.807) is 0 Å². The van der Waals surface area contributed by atoms with E-state index in [1.165, 1.54) is 27.3 Å². The van der Waals surface area contributed by atoms with Crippen molar-refractivity contribution >= 4 is 34.5 Å². The molecule has 2 aliphatic rings. The van der Waals surface area contributed by atoms with Gasteiger partial charge in [0, 0.05) is 50.1 Å². The summed E-state index contributed by atoms with van der Waals surface area (Å²) < 4.78 is 0. The number of carbonyl (C=O) groups excluding carboxylic acids is 2. The third kappa shape index (κ3) is 4.63. The Morgan fingerprint density at radius 3 is 2.58 bits per heavy atom. The van der Waals surface area contributed by atoms with Crippen LogP contribution in [0.3, 0.4) is 0 Å². The van der Waals surface area contributed by atoms with Gasteiger partial charge in [-0.05, 0) is 47.4 Å². The van der Waals surface area contributed by atoms with Crippen LogP contribution >= 0.6 is 22.7 Å². The molecule has 0 spiro atoms. The van der Waals surface area contributed by atoms with Crippen molar-refractivity contribution in [1.29, 1.82) is 0 Å². The summed E-state index contributed by atoms with van der Waals surface area (Å²) in [5.41, 5.74) is 2.68. The topological polar surface area (TPSA) is 43.9 Å². The maximum Gasteiger partial charge on any atom is 0.264 e. The summed E-state index contributed by atoms with van der Waals surface area (Å²) in [6, 6.07) is 16.9. The van der Waals surface area contributed by atoms with Crippen molar-refractivity contribution in [2.45, 2.75) is 31.8 Å². The summed E-state index contributed by atoms with van der Waals surface area (Å²) in [4.78, 5) is 34.4. The lowest BCUT2D eigenvalue weighted by molar-refractivity contribution is -0.134. The molecular formula is C26H29N3O2S2. The van der Waals surface area contributed by atoms with Gasteiger partial charge in [-0.3, -0.25) is 14.5 Å². The Morgan fingerprint density at radius 2 is 1.82 bits per heavy atom. The first-order valence-electron chi connectivity index (χ1n) is 11.6. The van der Waals surface area contributed by atoms with Gasteiger partial charge in [-0.2, -0.15) is 0 Å². The van der Waals surface area contributed by atoms with Crippen molar-refractivity contribution < 1.29 is 9.59 Å². The zero-order chi connectivity index (χ0) is 22.8. The maximum absolute atomic E-state index is 13.1. The number of benzene rings is 1. The van der Waals surface area contributed by atoms with Crippen molar-refractivity contribution in [2.75, 3.05) is 32.7 Å². The molecule has 7 heteroatoms. The van der Waals surface area contributed by atoms with E-state index < -0.39 is 0 Å². The molecule has 2 atom stereocenters. The van der Waals surface area contributed by atoms with E-state index in [1.807, 2.05) is 45.6 Å². The molecule has 5 nitrogen and oxygen atoms in total. The van der Waals surface area contributed by atoms with Gasteiger partial charge in [0.2, 0.25) is 5.91 Å². The Bertz CT molecular complexity index is 1100. The SMILES string of the molecule is CC1CN(C(=O)CCN2CCc3sccc3C2c2ccccc2)CCN1C(=O)c1cccs1. The Balaban J connectivity index is 1.21. The molecule has 0 aliphatic carbocycles. The Labute approximate surface area is 203 Å². The van der Waals surface area contributed by atoms with Crippen LogP contribution in [0.1, 0.15) is 45.1 Å². The first-order chi connectivity index (χ1) is 16.1. The first kappa shape index (κ1) is 22.3. The third-order valence-corrected chi connectivity index (χ3v) is 8.62. The van der Waals surface area contributed by atoms with Crippen molar-refractivity contribution in [3.8, 4) is 0 Å². The van der Waals surface area contributed by atoms with E-state index in [2.05, 4.69) is 46.7 Å². The quantitative estimate of drug-likeness (QED) is 0.540. The van der Waals surface area contributed by atoms with Crippen molar-refractivity contribution in [3.05, 3.63) is 80.2 Å². The molecule has 2 amide bonds. The molecule has 4 heterocycles. The molecule has 1 aromatic carbocycles. The summed E-state index contributed by atoms with van der Waals surface area (Å²) in [7, 11) is 0. The summed E-state index contributed by atoms with van der Waals surface area (Å²) in [5, 5.41) is 4.12. The molecule has 0 saturated carbocycles. The minimum atomic E-state index is 0.0257. The average Bonchev–Trinajstić information content (AvgIpc) is 3.54. The number of hydrogen-bond acceptors (Lipinski definition) is 5. The fraction of sp³-hybridized carbons (Fsp3) is 0.385. The molecule has 2 aromatic heterocycles. The monoisotopic (exact) mass is 479 g/mol.